The Hall–Kier alpha value is -1.51. The van der Waals surface area contributed by atoms with Gasteiger partial charge in [0, 0.05) is 24.0 Å². The summed E-state index contributed by atoms with van der Waals surface area (Å²) >= 11 is 0. The van der Waals surface area contributed by atoms with E-state index >= 15 is 0 Å². The van der Waals surface area contributed by atoms with Gasteiger partial charge in [0.2, 0.25) is 5.91 Å². The second kappa shape index (κ2) is 7.32. The molecule has 1 aliphatic heterocycles. The molecule has 1 unspecified atom stereocenters. The van der Waals surface area contributed by atoms with Crippen LogP contribution in [0, 0.1) is 5.92 Å². The summed E-state index contributed by atoms with van der Waals surface area (Å²) in [5.74, 6) is -0.429. The van der Waals surface area contributed by atoms with E-state index in [2.05, 4.69) is 5.32 Å². The van der Waals surface area contributed by atoms with Crippen molar-refractivity contribution in [2.45, 2.75) is 101 Å². The number of nitrogens with zero attached hydrogens (tertiary/aromatic N) is 1. The number of hydrogen-bond donors (Lipinski definition) is 2. The van der Waals surface area contributed by atoms with Gasteiger partial charge in [-0.1, -0.05) is 0 Å². The molecule has 0 aromatic carbocycles. The van der Waals surface area contributed by atoms with Gasteiger partial charge >= 0.3 is 12.3 Å². The lowest BCUT2D eigenvalue weighted by molar-refractivity contribution is -0.270. The Bertz CT molecular complexity index is 647. The van der Waals surface area contributed by atoms with Gasteiger partial charge in [0.1, 0.15) is 5.60 Å². The summed E-state index contributed by atoms with van der Waals surface area (Å²) in [6, 6.07) is -0.357. The van der Waals surface area contributed by atoms with Crippen LogP contribution in [-0.4, -0.2) is 57.5 Å². The lowest BCUT2D eigenvalue weighted by Gasteiger charge is -2.41. The van der Waals surface area contributed by atoms with Crippen molar-refractivity contribution >= 4 is 12.0 Å². The predicted molar refractivity (Wildman–Crippen MR) is 99.0 cm³/mol. The van der Waals surface area contributed by atoms with E-state index in [1.54, 1.807) is 4.90 Å². The topological polar surface area (TPSA) is 78.9 Å². The number of rotatable bonds is 2. The number of ether oxygens (including phenoxy) is 1. The largest absolute Gasteiger partial charge is 0.444 e. The highest BCUT2D eigenvalue weighted by Crippen LogP contribution is 2.50. The zero-order valence-corrected chi connectivity index (χ0v) is 17.3. The van der Waals surface area contributed by atoms with Crippen molar-refractivity contribution in [3.05, 3.63) is 0 Å². The van der Waals surface area contributed by atoms with Gasteiger partial charge < -0.3 is 20.1 Å². The van der Waals surface area contributed by atoms with Crippen LogP contribution in [-0.2, 0) is 9.53 Å². The van der Waals surface area contributed by atoms with Gasteiger partial charge in [0.05, 0.1) is 0 Å². The number of aliphatic hydroxyl groups is 1. The highest BCUT2D eigenvalue weighted by atomic mass is 19.4. The standard InChI is InChI=1S/C20H31F3N2O4/c1-17(2,3)29-16(27)25-11-6-13(12-18(25)9-10-18)15(26)24-14-4-7-19(28,8-5-14)20(21,22)23/h13-14,28H,4-12H2,1-3H3,(H,24,26)/t13?,14-,19-. The van der Waals surface area contributed by atoms with Crippen LogP contribution in [0.15, 0.2) is 0 Å². The number of alkyl halides is 3. The summed E-state index contributed by atoms with van der Waals surface area (Å²) in [4.78, 5) is 26.9. The van der Waals surface area contributed by atoms with E-state index in [0.29, 0.717) is 19.4 Å². The number of hydrogen-bond acceptors (Lipinski definition) is 4. The smallest absolute Gasteiger partial charge is 0.417 e. The van der Waals surface area contributed by atoms with Crippen molar-refractivity contribution in [3.63, 3.8) is 0 Å². The van der Waals surface area contributed by atoms with Crippen molar-refractivity contribution in [3.8, 4) is 0 Å². The Morgan fingerprint density at radius 1 is 1.07 bits per heavy atom. The van der Waals surface area contributed by atoms with Gasteiger partial charge in [-0.2, -0.15) is 13.2 Å². The van der Waals surface area contributed by atoms with E-state index in [-0.39, 0.29) is 42.3 Å². The summed E-state index contributed by atoms with van der Waals surface area (Å²) < 4.78 is 44.3. The fourth-order valence-corrected chi connectivity index (χ4v) is 4.48. The third kappa shape index (κ3) is 4.81. The van der Waals surface area contributed by atoms with Crippen LogP contribution < -0.4 is 5.32 Å². The first-order valence-corrected chi connectivity index (χ1v) is 10.3. The van der Waals surface area contributed by atoms with Crippen LogP contribution >= 0.6 is 0 Å². The van der Waals surface area contributed by atoms with Crippen LogP contribution in [0.2, 0.25) is 0 Å². The van der Waals surface area contributed by atoms with E-state index in [1.807, 2.05) is 20.8 Å². The molecular weight excluding hydrogens is 389 g/mol. The van der Waals surface area contributed by atoms with Gasteiger partial charge in [-0.15, -0.1) is 0 Å². The van der Waals surface area contributed by atoms with Crippen molar-refractivity contribution in [2.24, 2.45) is 5.92 Å². The average molecular weight is 420 g/mol. The monoisotopic (exact) mass is 420 g/mol. The minimum absolute atomic E-state index is 0.101. The van der Waals surface area contributed by atoms with Crippen LogP contribution in [0.4, 0.5) is 18.0 Å². The van der Waals surface area contributed by atoms with Gasteiger partial charge in [-0.05, 0) is 72.1 Å². The normalized spacial score (nSPS) is 32.0. The number of amides is 2. The third-order valence-corrected chi connectivity index (χ3v) is 6.40. The van der Waals surface area contributed by atoms with Gasteiger partial charge in [-0.3, -0.25) is 4.79 Å². The Labute approximate surface area is 169 Å². The third-order valence-electron chi connectivity index (χ3n) is 6.40. The quantitative estimate of drug-likeness (QED) is 0.717. The number of likely N-dealkylation sites (tertiary alicyclic amines) is 1. The Morgan fingerprint density at radius 2 is 1.66 bits per heavy atom. The highest BCUT2D eigenvalue weighted by molar-refractivity contribution is 5.80. The molecule has 2 amide bonds. The molecule has 0 radical (unpaired) electrons. The number of halogens is 3. The maximum absolute atomic E-state index is 12.9. The Morgan fingerprint density at radius 3 is 2.14 bits per heavy atom. The van der Waals surface area contributed by atoms with E-state index in [4.69, 9.17) is 4.74 Å². The molecule has 2 aliphatic carbocycles. The molecule has 6 nitrogen and oxygen atoms in total. The average Bonchev–Trinajstić information content (AvgIpc) is 3.33. The molecule has 29 heavy (non-hydrogen) atoms. The first-order valence-electron chi connectivity index (χ1n) is 10.3. The van der Waals surface area contributed by atoms with Crippen LogP contribution in [0.3, 0.4) is 0 Å². The second-order valence-corrected chi connectivity index (χ2v) is 9.86. The molecule has 2 saturated carbocycles. The molecule has 1 heterocycles. The summed E-state index contributed by atoms with van der Waals surface area (Å²) in [6.45, 7) is 5.88. The van der Waals surface area contributed by atoms with E-state index in [0.717, 1.165) is 12.8 Å². The number of carbonyl (C=O) groups is 2. The van der Waals surface area contributed by atoms with Crippen LogP contribution in [0.25, 0.3) is 0 Å². The number of piperidine rings is 1. The number of nitrogens with one attached hydrogen (secondary N) is 1. The minimum Gasteiger partial charge on any atom is -0.444 e. The molecule has 0 aromatic heterocycles. The maximum Gasteiger partial charge on any atom is 0.417 e. The maximum atomic E-state index is 12.9. The van der Waals surface area contributed by atoms with Crippen LogP contribution in [0.1, 0.15) is 72.1 Å². The molecule has 3 fully saturated rings. The zero-order chi connectivity index (χ0) is 21.7. The predicted octanol–water partition coefficient (Wildman–Crippen LogP) is 3.52. The molecule has 0 bridgehead atoms. The van der Waals surface area contributed by atoms with Crippen molar-refractivity contribution in [2.75, 3.05) is 6.54 Å². The van der Waals surface area contributed by atoms with E-state index in [1.165, 1.54) is 0 Å². The zero-order valence-electron chi connectivity index (χ0n) is 17.3. The SMILES string of the molecule is CC(C)(C)OC(=O)N1CCC(C(=O)N[C@H]2CC[C@@](O)(C(F)(F)F)CC2)CC12CC2. The molecule has 0 aromatic rings. The molecule has 166 valence electrons. The number of carbonyl (C=O) groups excluding carboxylic acids is 2. The second-order valence-electron chi connectivity index (χ2n) is 9.86. The molecule has 1 atom stereocenters. The fraction of sp³-hybridized carbons (Fsp3) is 0.900. The summed E-state index contributed by atoms with van der Waals surface area (Å²) in [6.07, 6.45) is -2.88. The molecular formula is C20H31F3N2O4. The molecule has 1 saturated heterocycles. The van der Waals surface area contributed by atoms with E-state index < -0.39 is 30.2 Å². The summed E-state index contributed by atoms with van der Waals surface area (Å²) in [7, 11) is 0. The molecule has 3 rings (SSSR count). The molecule has 2 N–H and O–H groups in total. The Kier molecular flexibility index (Phi) is 5.60. The minimum atomic E-state index is -4.64. The summed E-state index contributed by atoms with van der Waals surface area (Å²) in [5.41, 5.74) is -3.56. The molecule has 1 spiro atoms. The first kappa shape index (κ1) is 22.2. The summed E-state index contributed by atoms with van der Waals surface area (Å²) in [5, 5.41) is 12.6. The molecule has 3 aliphatic rings. The van der Waals surface area contributed by atoms with Gasteiger partial charge in [0.25, 0.3) is 0 Å². The first-order chi connectivity index (χ1) is 13.2. The molecule has 9 heteroatoms. The lowest BCUT2D eigenvalue weighted by Crippen LogP contribution is -2.54. The van der Waals surface area contributed by atoms with Crippen LogP contribution in [0.5, 0.6) is 0 Å². The fourth-order valence-electron chi connectivity index (χ4n) is 4.48. The Balaban J connectivity index is 1.52. The van der Waals surface area contributed by atoms with Crippen molar-refractivity contribution in [1.29, 1.82) is 0 Å². The van der Waals surface area contributed by atoms with Gasteiger partial charge in [-0.25, -0.2) is 4.79 Å². The van der Waals surface area contributed by atoms with E-state index in [9.17, 15) is 27.9 Å². The van der Waals surface area contributed by atoms with Crippen molar-refractivity contribution < 1.29 is 32.6 Å². The van der Waals surface area contributed by atoms with Crippen molar-refractivity contribution in [1.82, 2.24) is 10.2 Å². The highest BCUT2D eigenvalue weighted by Gasteiger charge is 2.56. The van der Waals surface area contributed by atoms with Gasteiger partial charge in [0.15, 0.2) is 5.60 Å². The lowest BCUT2D eigenvalue weighted by atomic mass is 9.81.